The van der Waals surface area contributed by atoms with E-state index in [4.69, 9.17) is 10.5 Å². The maximum atomic E-state index is 5.29. The van der Waals surface area contributed by atoms with Crippen molar-refractivity contribution in [2.75, 3.05) is 13.2 Å². The monoisotopic (exact) mass is 186 g/mol. The third-order valence-corrected chi connectivity index (χ3v) is 1.41. The number of rotatable bonds is 3. The minimum atomic E-state index is 0. The molecule has 1 rings (SSSR count). The Morgan fingerprint density at radius 3 is 2.33 bits per heavy atom. The number of nitrogens with two attached hydrogens (primary N) is 1. The smallest absolute Gasteiger partial charge is 0.119 e. The number of halogens is 1. The maximum Gasteiger partial charge on any atom is 0.119 e. The molecule has 0 aliphatic heterocycles. The van der Waals surface area contributed by atoms with Gasteiger partial charge in [0, 0.05) is 6.54 Å². The molecular weight excluding hydrogens is 174 g/mol. The average molecular weight is 187 g/mol. The molecule has 0 unspecified atom stereocenters. The first-order chi connectivity index (χ1) is 5.33. The summed E-state index contributed by atoms with van der Waals surface area (Å²) in [7, 11) is 0. The van der Waals surface area contributed by atoms with Crippen molar-refractivity contribution in [2.45, 2.75) is 6.92 Å². The molecule has 0 radical (unpaired) electrons. The Hall–Kier alpha value is -0.730. The van der Waals surface area contributed by atoms with Crippen molar-refractivity contribution in [2.24, 2.45) is 5.73 Å². The van der Waals surface area contributed by atoms with E-state index >= 15 is 0 Å². The van der Waals surface area contributed by atoms with Crippen LogP contribution in [0.4, 0.5) is 0 Å². The molecular formula is C9H13ClNO-. The second-order valence-electron chi connectivity index (χ2n) is 2.45. The van der Waals surface area contributed by atoms with Gasteiger partial charge in [0.1, 0.15) is 12.4 Å². The van der Waals surface area contributed by atoms with Crippen LogP contribution in [0.25, 0.3) is 0 Å². The van der Waals surface area contributed by atoms with E-state index in [1.54, 1.807) is 0 Å². The van der Waals surface area contributed by atoms with Crippen LogP contribution in [0.1, 0.15) is 5.56 Å². The van der Waals surface area contributed by atoms with Gasteiger partial charge in [-0.3, -0.25) is 0 Å². The molecule has 12 heavy (non-hydrogen) atoms. The van der Waals surface area contributed by atoms with Crippen molar-refractivity contribution < 1.29 is 17.1 Å². The first kappa shape index (κ1) is 11.3. The van der Waals surface area contributed by atoms with Crippen LogP contribution in [0.3, 0.4) is 0 Å². The zero-order valence-corrected chi connectivity index (χ0v) is 7.84. The lowest BCUT2D eigenvalue weighted by molar-refractivity contribution is -0.00000284. The van der Waals surface area contributed by atoms with Crippen LogP contribution in [-0.4, -0.2) is 13.2 Å². The van der Waals surface area contributed by atoms with Gasteiger partial charge < -0.3 is 22.9 Å². The normalized spacial score (nSPS) is 8.83. The van der Waals surface area contributed by atoms with Gasteiger partial charge >= 0.3 is 0 Å². The molecule has 0 saturated carbocycles. The highest BCUT2D eigenvalue weighted by atomic mass is 35.5. The molecule has 1 aromatic carbocycles. The number of hydrogen-bond donors (Lipinski definition) is 1. The van der Waals surface area contributed by atoms with Gasteiger partial charge in [-0.2, -0.15) is 0 Å². The van der Waals surface area contributed by atoms with E-state index in [1.165, 1.54) is 5.56 Å². The van der Waals surface area contributed by atoms with Crippen LogP contribution in [0.5, 0.6) is 5.75 Å². The largest absolute Gasteiger partial charge is 1.00 e. The van der Waals surface area contributed by atoms with Crippen LogP contribution in [0.15, 0.2) is 24.3 Å². The van der Waals surface area contributed by atoms with E-state index in [9.17, 15) is 0 Å². The third kappa shape index (κ3) is 3.60. The number of hydrogen-bond acceptors (Lipinski definition) is 2. The summed E-state index contributed by atoms with van der Waals surface area (Å²) in [6.45, 7) is 3.20. The molecule has 0 saturated heterocycles. The molecule has 0 heterocycles. The predicted molar refractivity (Wildman–Crippen MR) is 45.7 cm³/mol. The molecule has 3 heteroatoms. The highest BCUT2D eigenvalue weighted by Gasteiger charge is 1.89. The van der Waals surface area contributed by atoms with Crippen molar-refractivity contribution in [3.05, 3.63) is 29.8 Å². The minimum Gasteiger partial charge on any atom is -1.00 e. The molecule has 0 aliphatic rings. The summed E-state index contributed by atoms with van der Waals surface area (Å²) in [5, 5.41) is 0. The standard InChI is InChI=1S/C9H13NO.ClH/c1-8-2-4-9(5-3-8)11-7-6-10;/h2-5H,6-7,10H2,1H3;1H/p-1. The molecule has 0 aliphatic carbocycles. The molecule has 0 amide bonds. The van der Waals surface area contributed by atoms with Gasteiger partial charge in [0.05, 0.1) is 0 Å². The summed E-state index contributed by atoms with van der Waals surface area (Å²) in [5.41, 5.74) is 6.52. The lowest BCUT2D eigenvalue weighted by Crippen LogP contribution is -3.00. The highest BCUT2D eigenvalue weighted by molar-refractivity contribution is 5.26. The Morgan fingerprint density at radius 1 is 1.25 bits per heavy atom. The summed E-state index contributed by atoms with van der Waals surface area (Å²) in [6.07, 6.45) is 0. The Bertz CT molecular complexity index is 210. The Balaban J connectivity index is 0.00000121. The molecule has 0 aromatic heterocycles. The SMILES string of the molecule is Cc1ccc(OCCN)cc1.[Cl-]. The summed E-state index contributed by atoms with van der Waals surface area (Å²) in [6, 6.07) is 7.94. The van der Waals surface area contributed by atoms with Crippen LogP contribution >= 0.6 is 0 Å². The zero-order chi connectivity index (χ0) is 8.10. The molecule has 2 N–H and O–H groups in total. The second-order valence-corrected chi connectivity index (χ2v) is 2.45. The van der Waals surface area contributed by atoms with Crippen molar-refractivity contribution in [3.8, 4) is 5.75 Å². The van der Waals surface area contributed by atoms with Gasteiger partial charge in [0.25, 0.3) is 0 Å². The summed E-state index contributed by atoms with van der Waals surface area (Å²) >= 11 is 0. The van der Waals surface area contributed by atoms with E-state index in [0.29, 0.717) is 13.2 Å². The molecule has 68 valence electrons. The van der Waals surface area contributed by atoms with E-state index in [1.807, 2.05) is 31.2 Å². The molecule has 1 aromatic rings. The first-order valence-electron chi connectivity index (χ1n) is 3.72. The van der Waals surface area contributed by atoms with Gasteiger partial charge in [-0.25, -0.2) is 0 Å². The average Bonchev–Trinajstić information content (AvgIpc) is 2.04. The topological polar surface area (TPSA) is 35.2 Å². The van der Waals surface area contributed by atoms with Crippen molar-refractivity contribution in [3.63, 3.8) is 0 Å². The second kappa shape index (κ2) is 5.86. The van der Waals surface area contributed by atoms with Gasteiger partial charge in [-0.15, -0.1) is 0 Å². The van der Waals surface area contributed by atoms with Gasteiger partial charge in [-0.05, 0) is 19.1 Å². The summed E-state index contributed by atoms with van der Waals surface area (Å²) in [4.78, 5) is 0. The molecule has 0 spiro atoms. The maximum absolute atomic E-state index is 5.29. The molecule has 0 bridgehead atoms. The zero-order valence-electron chi connectivity index (χ0n) is 7.09. The summed E-state index contributed by atoms with van der Waals surface area (Å²) in [5.74, 6) is 0.890. The van der Waals surface area contributed by atoms with E-state index in [2.05, 4.69) is 0 Å². The van der Waals surface area contributed by atoms with Crippen LogP contribution in [0, 0.1) is 6.92 Å². The van der Waals surface area contributed by atoms with Crippen LogP contribution in [-0.2, 0) is 0 Å². The van der Waals surface area contributed by atoms with Gasteiger partial charge in [-0.1, -0.05) is 17.7 Å². The van der Waals surface area contributed by atoms with Crippen molar-refractivity contribution in [1.82, 2.24) is 0 Å². The predicted octanol–water partition coefficient (Wildman–Crippen LogP) is -1.66. The van der Waals surface area contributed by atoms with Gasteiger partial charge in [0.15, 0.2) is 0 Å². The number of benzene rings is 1. The third-order valence-electron chi connectivity index (χ3n) is 1.41. The van der Waals surface area contributed by atoms with E-state index < -0.39 is 0 Å². The van der Waals surface area contributed by atoms with E-state index in [-0.39, 0.29) is 12.4 Å². The quantitative estimate of drug-likeness (QED) is 0.613. The first-order valence-corrected chi connectivity index (χ1v) is 3.72. The Kier molecular flexibility index (Phi) is 5.51. The molecule has 0 atom stereocenters. The highest BCUT2D eigenvalue weighted by Crippen LogP contribution is 2.10. The minimum absolute atomic E-state index is 0. The Labute approximate surface area is 79.1 Å². The van der Waals surface area contributed by atoms with Crippen LogP contribution in [0.2, 0.25) is 0 Å². The fourth-order valence-electron chi connectivity index (χ4n) is 0.811. The van der Waals surface area contributed by atoms with Crippen molar-refractivity contribution in [1.29, 1.82) is 0 Å². The van der Waals surface area contributed by atoms with Crippen LogP contribution < -0.4 is 22.9 Å². The van der Waals surface area contributed by atoms with E-state index in [0.717, 1.165) is 5.75 Å². The summed E-state index contributed by atoms with van der Waals surface area (Å²) < 4.78 is 5.29. The molecule has 2 nitrogen and oxygen atoms in total. The lowest BCUT2D eigenvalue weighted by Gasteiger charge is -2.03. The lowest BCUT2D eigenvalue weighted by atomic mass is 10.2. The number of ether oxygens (including phenoxy) is 1. The van der Waals surface area contributed by atoms with Gasteiger partial charge in [0.2, 0.25) is 0 Å². The fourth-order valence-corrected chi connectivity index (χ4v) is 0.811. The Morgan fingerprint density at radius 2 is 1.83 bits per heavy atom. The molecule has 0 fully saturated rings. The fraction of sp³-hybridized carbons (Fsp3) is 0.333. The van der Waals surface area contributed by atoms with Crippen molar-refractivity contribution >= 4 is 0 Å². The number of aryl methyl sites for hydroxylation is 1.